The van der Waals surface area contributed by atoms with Crippen molar-refractivity contribution >= 4 is 27.5 Å². The molecule has 30 heavy (non-hydrogen) atoms. The third kappa shape index (κ3) is 5.05. The number of amides is 2. The molecule has 0 aliphatic carbocycles. The molecule has 2 aromatic rings. The zero-order valence-electron chi connectivity index (χ0n) is 16.8. The van der Waals surface area contributed by atoms with E-state index < -0.39 is 15.9 Å². The van der Waals surface area contributed by atoms with E-state index in [9.17, 15) is 18.0 Å². The zero-order valence-corrected chi connectivity index (χ0v) is 17.6. The molecular weight excluding hydrogens is 406 g/mol. The lowest BCUT2D eigenvalue weighted by Crippen LogP contribution is -2.40. The molecule has 1 saturated heterocycles. The van der Waals surface area contributed by atoms with Crippen molar-refractivity contribution in [3.8, 4) is 0 Å². The monoisotopic (exact) mass is 431 g/mol. The summed E-state index contributed by atoms with van der Waals surface area (Å²) in [7, 11) is -3.71. The highest BCUT2D eigenvalue weighted by atomic mass is 32.2. The normalized spacial score (nSPS) is 14.8. The van der Waals surface area contributed by atoms with Gasteiger partial charge in [-0.25, -0.2) is 8.42 Å². The third-order valence-corrected chi connectivity index (χ3v) is 6.55. The van der Waals surface area contributed by atoms with Gasteiger partial charge in [0.25, 0.3) is 11.8 Å². The minimum Gasteiger partial charge on any atom is -0.379 e. The van der Waals surface area contributed by atoms with Crippen LogP contribution in [0.1, 0.15) is 34.1 Å². The average molecular weight is 432 g/mol. The van der Waals surface area contributed by atoms with Gasteiger partial charge in [0.1, 0.15) is 0 Å². The first kappa shape index (κ1) is 21.9. The summed E-state index contributed by atoms with van der Waals surface area (Å²) in [5.74, 6) is -0.777. The van der Waals surface area contributed by atoms with Gasteiger partial charge < -0.3 is 15.4 Å². The molecule has 0 spiro atoms. The van der Waals surface area contributed by atoms with Gasteiger partial charge in [0, 0.05) is 25.2 Å². The van der Waals surface area contributed by atoms with Crippen LogP contribution in [0.5, 0.6) is 0 Å². The van der Waals surface area contributed by atoms with E-state index in [-0.39, 0.29) is 29.5 Å². The molecule has 2 amide bonds. The lowest BCUT2D eigenvalue weighted by Gasteiger charge is -2.26. The van der Waals surface area contributed by atoms with Crippen LogP contribution in [-0.4, -0.2) is 57.4 Å². The second-order valence-electron chi connectivity index (χ2n) is 6.80. The summed E-state index contributed by atoms with van der Waals surface area (Å²) < 4.78 is 32.3. The van der Waals surface area contributed by atoms with Gasteiger partial charge in [-0.05, 0) is 36.8 Å². The van der Waals surface area contributed by atoms with Crippen molar-refractivity contribution in [2.45, 2.75) is 18.2 Å². The number of sulfonamides is 1. The number of benzene rings is 2. The summed E-state index contributed by atoms with van der Waals surface area (Å²) in [6, 6.07) is 12.6. The third-order valence-electron chi connectivity index (χ3n) is 4.66. The number of para-hydroxylation sites is 1. The van der Waals surface area contributed by atoms with Gasteiger partial charge >= 0.3 is 0 Å². The summed E-state index contributed by atoms with van der Waals surface area (Å²) in [6.07, 6.45) is 0.796. The van der Waals surface area contributed by atoms with Gasteiger partial charge in [-0.15, -0.1) is 0 Å². The SMILES string of the molecule is CCCNC(=O)c1ccccc1NC(=O)c1cccc(S(=O)(=O)N2CCOCC2)c1. The van der Waals surface area contributed by atoms with Crippen molar-refractivity contribution in [1.29, 1.82) is 0 Å². The van der Waals surface area contributed by atoms with Gasteiger partial charge in [0.15, 0.2) is 0 Å². The number of hydrogen-bond donors (Lipinski definition) is 2. The van der Waals surface area contributed by atoms with Crippen molar-refractivity contribution in [1.82, 2.24) is 9.62 Å². The van der Waals surface area contributed by atoms with E-state index in [1.54, 1.807) is 24.3 Å². The van der Waals surface area contributed by atoms with E-state index in [0.29, 0.717) is 31.0 Å². The molecule has 160 valence electrons. The summed E-state index contributed by atoms with van der Waals surface area (Å²) >= 11 is 0. The number of nitrogens with zero attached hydrogens (tertiary/aromatic N) is 1. The van der Waals surface area contributed by atoms with Crippen molar-refractivity contribution < 1.29 is 22.7 Å². The molecule has 0 saturated carbocycles. The largest absolute Gasteiger partial charge is 0.379 e. The molecule has 1 aliphatic rings. The zero-order chi connectivity index (χ0) is 21.6. The number of ether oxygens (including phenoxy) is 1. The fourth-order valence-electron chi connectivity index (χ4n) is 3.05. The number of anilines is 1. The van der Waals surface area contributed by atoms with Crippen LogP contribution < -0.4 is 10.6 Å². The predicted molar refractivity (Wildman–Crippen MR) is 113 cm³/mol. The Bertz CT molecular complexity index is 1020. The highest BCUT2D eigenvalue weighted by Crippen LogP contribution is 2.20. The van der Waals surface area contributed by atoms with Crippen molar-refractivity contribution in [3.05, 3.63) is 59.7 Å². The highest BCUT2D eigenvalue weighted by Gasteiger charge is 2.27. The molecule has 0 atom stereocenters. The van der Waals surface area contributed by atoms with Gasteiger partial charge in [0.05, 0.1) is 29.4 Å². The Morgan fingerprint density at radius 2 is 1.77 bits per heavy atom. The Hall–Kier alpha value is -2.75. The Labute approximate surface area is 176 Å². The molecular formula is C21H25N3O5S. The predicted octanol–water partition coefficient (Wildman–Crippen LogP) is 2.10. The number of morpholine rings is 1. The first-order chi connectivity index (χ1) is 14.4. The fraction of sp³-hybridized carbons (Fsp3) is 0.333. The first-order valence-electron chi connectivity index (χ1n) is 9.80. The lowest BCUT2D eigenvalue weighted by molar-refractivity contribution is 0.0730. The van der Waals surface area contributed by atoms with Crippen LogP contribution in [0.4, 0.5) is 5.69 Å². The van der Waals surface area contributed by atoms with Crippen LogP contribution in [0.15, 0.2) is 53.4 Å². The molecule has 0 radical (unpaired) electrons. The van der Waals surface area contributed by atoms with Crippen LogP contribution in [0.2, 0.25) is 0 Å². The highest BCUT2D eigenvalue weighted by molar-refractivity contribution is 7.89. The van der Waals surface area contributed by atoms with Crippen molar-refractivity contribution in [2.75, 3.05) is 38.2 Å². The molecule has 8 nitrogen and oxygen atoms in total. The number of carbonyl (C=O) groups excluding carboxylic acids is 2. The molecule has 0 bridgehead atoms. The van der Waals surface area contributed by atoms with E-state index in [2.05, 4.69) is 10.6 Å². The Morgan fingerprint density at radius 3 is 2.50 bits per heavy atom. The standard InChI is InChI=1S/C21H25N3O5S/c1-2-10-22-21(26)18-8-3-4-9-19(18)23-20(25)16-6-5-7-17(15-16)30(27,28)24-11-13-29-14-12-24/h3-9,15H,2,10-14H2,1H3,(H,22,26)(H,23,25). The summed E-state index contributed by atoms with van der Waals surface area (Å²) in [6.45, 7) is 3.72. The van der Waals surface area contributed by atoms with Crippen molar-refractivity contribution in [2.24, 2.45) is 0 Å². The summed E-state index contributed by atoms with van der Waals surface area (Å²) in [5.41, 5.74) is 0.891. The topological polar surface area (TPSA) is 105 Å². The number of carbonyl (C=O) groups is 2. The summed E-state index contributed by atoms with van der Waals surface area (Å²) in [4.78, 5) is 25.2. The maximum absolute atomic E-state index is 12.8. The van der Waals surface area contributed by atoms with Gasteiger partial charge in [-0.1, -0.05) is 25.1 Å². The Kier molecular flexibility index (Phi) is 7.20. The van der Waals surface area contributed by atoms with Gasteiger partial charge in [-0.3, -0.25) is 9.59 Å². The molecule has 0 aromatic heterocycles. The molecule has 3 rings (SSSR count). The van der Waals surface area contributed by atoms with E-state index in [1.165, 1.54) is 28.6 Å². The van der Waals surface area contributed by atoms with Crippen molar-refractivity contribution in [3.63, 3.8) is 0 Å². The van der Waals surface area contributed by atoms with E-state index in [4.69, 9.17) is 4.74 Å². The van der Waals surface area contributed by atoms with E-state index in [0.717, 1.165) is 6.42 Å². The molecule has 1 fully saturated rings. The molecule has 1 heterocycles. The summed E-state index contributed by atoms with van der Waals surface area (Å²) in [5, 5.41) is 5.50. The van der Waals surface area contributed by atoms with Crippen LogP contribution in [0, 0.1) is 0 Å². The first-order valence-corrected chi connectivity index (χ1v) is 11.2. The smallest absolute Gasteiger partial charge is 0.255 e. The van der Waals surface area contributed by atoms with E-state index in [1.807, 2.05) is 6.92 Å². The van der Waals surface area contributed by atoms with Gasteiger partial charge in [0.2, 0.25) is 10.0 Å². The molecule has 0 unspecified atom stereocenters. The molecule has 2 aromatic carbocycles. The van der Waals surface area contributed by atoms with Crippen LogP contribution in [0.25, 0.3) is 0 Å². The molecule has 2 N–H and O–H groups in total. The maximum Gasteiger partial charge on any atom is 0.255 e. The minimum absolute atomic E-state index is 0.0472. The number of rotatable bonds is 7. The minimum atomic E-state index is -3.71. The number of hydrogen-bond acceptors (Lipinski definition) is 5. The average Bonchev–Trinajstić information content (AvgIpc) is 2.78. The maximum atomic E-state index is 12.8. The Balaban J connectivity index is 1.81. The van der Waals surface area contributed by atoms with Crippen LogP contribution in [-0.2, 0) is 14.8 Å². The quantitative estimate of drug-likeness (QED) is 0.699. The van der Waals surface area contributed by atoms with E-state index >= 15 is 0 Å². The van der Waals surface area contributed by atoms with Gasteiger partial charge in [-0.2, -0.15) is 4.31 Å². The fourth-order valence-corrected chi connectivity index (χ4v) is 4.51. The number of nitrogens with one attached hydrogen (secondary N) is 2. The second kappa shape index (κ2) is 9.84. The van der Waals surface area contributed by atoms with Crippen LogP contribution in [0.3, 0.4) is 0 Å². The Morgan fingerprint density at radius 1 is 1.03 bits per heavy atom. The molecule has 1 aliphatic heterocycles. The molecule has 9 heteroatoms. The lowest BCUT2D eigenvalue weighted by atomic mass is 10.1. The van der Waals surface area contributed by atoms with Crippen LogP contribution >= 0.6 is 0 Å². The second-order valence-corrected chi connectivity index (χ2v) is 8.74.